The standard InChI is InChI=1S/C19H19NO4/c1-12-7-4-5-10-17(12)19(23)24-14(3)18(22)20-16-9-6-8-15(11-16)13(2)21/h4-11,14H,1-3H3,(H,20,22)/t14-/m0/s1. The minimum absolute atomic E-state index is 0.0925. The molecular formula is C19H19NO4. The van der Waals surface area contributed by atoms with Crippen LogP contribution in [0.4, 0.5) is 5.69 Å². The minimum Gasteiger partial charge on any atom is -0.449 e. The van der Waals surface area contributed by atoms with Crippen molar-refractivity contribution in [1.82, 2.24) is 0 Å². The Labute approximate surface area is 140 Å². The van der Waals surface area contributed by atoms with Gasteiger partial charge in [0, 0.05) is 11.3 Å². The fraction of sp³-hybridized carbons (Fsp3) is 0.211. The molecule has 124 valence electrons. The summed E-state index contributed by atoms with van der Waals surface area (Å²) < 4.78 is 5.21. The van der Waals surface area contributed by atoms with Gasteiger partial charge in [0.1, 0.15) is 0 Å². The zero-order chi connectivity index (χ0) is 17.7. The summed E-state index contributed by atoms with van der Waals surface area (Å²) in [4.78, 5) is 35.7. The predicted octanol–water partition coefficient (Wildman–Crippen LogP) is 3.38. The van der Waals surface area contributed by atoms with Gasteiger partial charge in [-0.2, -0.15) is 0 Å². The smallest absolute Gasteiger partial charge is 0.339 e. The van der Waals surface area contributed by atoms with Gasteiger partial charge in [0.05, 0.1) is 5.56 Å². The van der Waals surface area contributed by atoms with Crippen LogP contribution in [0.25, 0.3) is 0 Å². The van der Waals surface area contributed by atoms with Crippen LogP contribution >= 0.6 is 0 Å². The third-order valence-electron chi connectivity index (χ3n) is 3.55. The average molecular weight is 325 g/mol. The highest BCUT2D eigenvalue weighted by atomic mass is 16.5. The van der Waals surface area contributed by atoms with Crippen LogP contribution in [-0.2, 0) is 9.53 Å². The van der Waals surface area contributed by atoms with Gasteiger partial charge >= 0.3 is 5.97 Å². The summed E-state index contributed by atoms with van der Waals surface area (Å²) in [6.45, 7) is 4.75. The number of esters is 1. The van der Waals surface area contributed by atoms with Crippen molar-refractivity contribution in [2.24, 2.45) is 0 Å². The molecule has 0 bridgehead atoms. The molecule has 0 heterocycles. The maximum absolute atomic E-state index is 12.2. The second kappa shape index (κ2) is 7.55. The molecule has 1 N–H and O–H groups in total. The first-order valence-corrected chi connectivity index (χ1v) is 7.57. The van der Waals surface area contributed by atoms with E-state index in [4.69, 9.17) is 4.74 Å². The molecule has 0 unspecified atom stereocenters. The van der Waals surface area contributed by atoms with Crippen LogP contribution in [0, 0.1) is 6.92 Å². The lowest BCUT2D eigenvalue weighted by atomic mass is 10.1. The van der Waals surface area contributed by atoms with Crippen molar-refractivity contribution >= 4 is 23.3 Å². The predicted molar refractivity (Wildman–Crippen MR) is 91.1 cm³/mol. The largest absolute Gasteiger partial charge is 0.449 e. The first kappa shape index (κ1) is 17.4. The van der Waals surface area contributed by atoms with E-state index in [0.29, 0.717) is 16.8 Å². The van der Waals surface area contributed by atoms with Crippen molar-refractivity contribution in [2.45, 2.75) is 26.9 Å². The minimum atomic E-state index is -0.960. The number of aryl methyl sites for hydroxylation is 1. The van der Waals surface area contributed by atoms with Crippen LogP contribution in [0.1, 0.15) is 40.1 Å². The number of anilines is 1. The first-order chi connectivity index (χ1) is 11.4. The van der Waals surface area contributed by atoms with Gasteiger partial charge in [0.25, 0.3) is 5.91 Å². The third kappa shape index (κ3) is 4.29. The van der Waals surface area contributed by atoms with Crippen molar-refractivity contribution < 1.29 is 19.1 Å². The molecule has 0 spiro atoms. The molecule has 1 amide bonds. The van der Waals surface area contributed by atoms with Gasteiger partial charge in [-0.05, 0) is 44.5 Å². The lowest BCUT2D eigenvalue weighted by Crippen LogP contribution is -2.30. The summed E-state index contributed by atoms with van der Waals surface area (Å²) >= 11 is 0. The number of ketones is 1. The van der Waals surface area contributed by atoms with E-state index in [9.17, 15) is 14.4 Å². The van der Waals surface area contributed by atoms with Crippen molar-refractivity contribution in [3.05, 3.63) is 65.2 Å². The van der Waals surface area contributed by atoms with Crippen molar-refractivity contribution in [2.75, 3.05) is 5.32 Å². The van der Waals surface area contributed by atoms with E-state index >= 15 is 0 Å². The molecule has 0 radical (unpaired) electrons. The highest BCUT2D eigenvalue weighted by molar-refractivity contribution is 5.99. The maximum Gasteiger partial charge on any atom is 0.339 e. The molecule has 5 heteroatoms. The number of rotatable bonds is 5. The molecule has 2 rings (SSSR count). The lowest BCUT2D eigenvalue weighted by molar-refractivity contribution is -0.123. The van der Waals surface area contributed by atoms with Crippen molar-refractivity contribution in [3.63, 3.8) is 0 Å². The fourth-order valence-electron chi connectivity index (χ4n) is 2.14. The molecule has 24 heavy (non-hydrogen) atoms. The Hall–Kier alpha value is -2.95. The number of nitrogens with one attached hydrogen (secondary N) is 1. The van der Waals surface area contributed by atoms with E-state index in [0.717, 1.165) is 5.56 Å². The monoisotopic (exact) mass is 325 g/mol. The lowest BCUT2D eigenvalue weighted by Gasteiger charge is -2.14. The highest BCUT2D eigenvalue weighted by Gasteiger charge is 2.20. The molecule has 0 aliphatic heterocycles. The average Bonchev–Trinajstić information content (AvgIpc) is 2.55. The Bertz CT molecular complexity index is 782. The molecule has 0 saturated heterocycles. The zero-order valence-electron chi connectivity index (χ0n) is 13.8. The Morgan fingerprint density at radius 1 is 1.04 bits per heavy atom. The number of carbonyl (C=O) groups is 3. The van der Waals surface area contributed by atoms with E-state index in [1.165, 1.54) is 13.8 Å². The van der Waals surface area contributed by atoms with E-state index in [-0.39, 0.29) is 5.78 Å². The Morgan fingerprint density at radius 3 is 2.42 bits per heavy atom. The number of Topliss-reactive ketones (excluding diaryl/α,β-unsaturated/α-hetero) is 1. The van der Waals surface area contributed by atoms with Gasteiger partial charge in [0.2, 0.25) is 0 Å². The molecule has 5 nitrogen and oxygen atoms in total. The molecule has 0 aliphatic carbocycles. The van der Waals surface area contributed by atoms with Crippen molar-refractivity contribution in [1.29, 1.82) is 0 Å². The Balaban J connectivity index is 2.02. The molecule has 0 fully saturated rings. The third-order valence-corrected chi connectivity index (χ3v) is 3.55. The number of ether oxygens (including phenoxy) is 1. The normalized spacial score (nSPS) is 11.5. The SMILES string of the molecule is CC(=O)c1cccc(NC(=O)[C@H](C)OC(=O)c2ccccc2C)c1. The van der Waals surface area contributed by atoms with E-state index < -0.39 is 18.0 Å². The topological polar surface area (TPSA) is 72.5 Å². The van der Waals surface area contributed by atoms with Gasteiger partial charge in [-0.1, -0.05) is 30.3 Å². The molecule has 0 aromatic heterocycles. The fourth-order valence-corrected chi connectivity index (χ4v) is 2.14. The Morgan fingerprint density at radius 2 is 1.75 bits per heavy atom. The van der Waals surface area contributed by atoms with Crippen LogP contribution in [-0.4, -0.2) is 23.8 Å². The number of carbonyl (C=O) groups excluding carboxylic acids is 3. The van der Waals surface area contributed by atoms with Gasteiger partial charge in [-0.25, -0.2) is 4.79 Å². The van der Waals surface area contributed by atoms with Gasteiger partial charge in [0.15, 0.2) is 11.9 Å². The van der Waals surface area contributed by atoms with Gasteiger partial charge in [-0.3, -0.25) is 9.59 Å². The molecule has 0 aliphatic rings. The Kier molecular flexibility index (Phi) is 5.47. The van der Waals surface area contributed by atoms with E-state index in [1.54, 1.807) is 49.4 Å². The second-order valence-corrected chi connectivity index (χ2v) is 5.49. The summed E-state index contributed by atoms with van der Waals surface area (Å²) in [7, 11) is 0. The van der Waals surface area contributed by atoms with Crippen LogP contribution in [0.15, 0.2) is 48.5 Å². The second-order valence-electron chi connectivity index (χ2n) is 5.49. The maximum atomic E-state index is 12.2. The summed E-state index contributed by atoms with van der Waals surface area (Å²) in [5, 5.41) is 2.64. The number of hydrogen-bond acceptors (Lipinski definition) is 4. The molecule has 2 aromatic rings. The van der Waals surface area contributed by atoms with Crippen LogP contribution < -0.4 is 5.32 Å². The zero-order valence-corrected chi connectivity index (χ0v) is 13.8. The van der Waals surface area contributed by atoms with Gasteiger partial charge < -0.3 is 10.1 Å². The highest BCUT2D eigenvalue weighted by Crippen LogP contribution is 2.13. The van der Waals surface area contributed by atoms with E-state index in [2.05, 4.69) is 5.32 Å². The quantitative estimate of drug-likeness (QED) is 0.675. The number of hydrogen-bond donors (Lipinski definition) is 1. The summed E-state index contributed by atoms with van der Waals surface area (Å²) in [5.74, 6) is -1.10. The summed E-state index contributed by atoms with van der Waals surface area (Å²) in [5.41, 5.74) is 2.18. The van der Waals surface area contributed by atoms with Gasteiger partial charge in [-0.15, -0.1) is 0 Å². The molecule has 0 saturated carbocycles. The molecule has 1 atom stereocenters. The van der Waals surface area contributed by atoms with Crippen molar-refractivity contribution in [3.8, 4) is 0 Å². The summed E-state index contributed by atoms with van der Waals surface area (Å²) in [6, 6.07) is 13.6. The number of benzene rings is 2. The van der Waals surface area contributed by atoms with Crippen LogP contribution in [0.5, 0.6) is 0 Å². The first-order valence-electron chi connectivity index (χ1n) is 7.57. The van der Waals surface area contributed by atoms with Crippen LogP contribution in [0.2, 0.25) is 0 Å². The number of amides is 1. The van der Waals surface area contributed by atoms with Crippen LogP contribution in [0.3, 0.4) is 0 Å². The van der Waals surface area contributed by atoms with E-state index in [1.807, 2.05) is 6.07 Å². The summed E-state index contributed by atoms with van der Waals surface area (Å²) in [6.07, 6.45) is -0.960. The molecular weight excluding hydrogens is 306 g/mol. The molecule has 2 aromatic carbocycles.